The Bertz CT molecular complexity index is 1590. The maximum absolute atomic E-state index is 12.8. The van der Waals surface area contributed by atoms with Gasteiger partial charge in [-0.15, -0.1) is 6.58 Å². The fourth-order valence-electron chi connectivity index (χ4n) is 5.66. The van der Waals surface area contributed by atoms with Crippen LogP contribution in [0.4, 0.5) is 5.82 Å². The maximum atomic E-state index is 12.8. The zero-order chi connectivity index (χ0) is 38.6. The molecule has 2 unspecified atom stereocenters. The van der Waals surface area contributed by atoms with Crippen molar-refractivity contribution >= 4 is 49.6 Å². The van der Waals surface area contributed by atoms with Crippen LogP contribution in [-0.2, 0) is 42.1 Å². The highest BCUT2D eigenvalue weighted by Gasteiger charge is 2.46. The molecule has 2 aromatic heterocycles. The number of nitrogens with one attached hydrogen (secondary N) is 2. The molecule has 4 rings (SSSR count). The van der Waals surface area contributed by atoms with Gasteiger partial charge in [-0.1, -0.05) is 13.0 Å². The lowest BCUT2D eigenvalue weighted by Gasteiger charge is -2.18. The van der Waals surface area contributed by atoms with E-state index < -0.39 is 52.2 Å². The summed E-state index contributed by atoms with van der Waals surface area (Å²) in [5.41, 5.74) is 0.140. The van der Waals surface area contributed by atoms with E-state index in [9.17, 15) is 29.0 Å². The zero-order valence-electron chi connectivity index (χ0n) is 29.3. The third-order valence-corrected chi connectivity index (χ3v) is 12.0. The van der Waals surface area contributed by atoms with Crippen molar-refractivity contribution in [3.63, 3.8) is 0 Å². The molecule has 3 heterocycles. The lowest BCUT2D eigenvalue weighted by molar-refractivity contribution is -0.125. The van der Waals surface area contributed by atoms with E-state index in [1.165, 1.54) is 6.20 Å². The molecular formula is C30H49ClN6O14P2. The van der Waals surface area contributed by atoms with Crippen molar-refractivity contribution in [2.45, 2.75) is 56.8 Å². The number of carbonyl (C=O) groups excluding carboxylic acids is 1. The number of aromatic nitrogens is 4. The van der Waals surface area contributed by atoms with Crippen molar-refractivity contribution < 1.29 is 67.0 Å². The molecule has 8 atom stereocenters. The largest absolute Gasteiger partial charge is 0.387 e. The van der Waals surface area contributed by atoms with Crippen LogP contribution in [0.15, 0.2) is 18.9 Å². The Morgan fingerprint density at radius 1 is 1.06 bits per heavy atom. The second kappa shape index (κ2) is 20.7. The Hall–Kier alpha value is -2.13. The van der Waals surface area contributed by atoms with Gasteiger partial charge < -0.3 is 63.7 Å². The lowest BCUT2D eigenvalue weighted by atomic mass is 10.1. The molecule has 1 saturated heterocycles. The number of ether oxygens (including phenoxy) is 5. The van der Waals surface area contributed by atoms with Crippen molar-refractivity contribution in [1.82, 2.24) is 25.1 Å². The zero-order valence-corrected chi connectivity index (χ0v) is 31.8. The molecule has 2 fully saturated rings. The smallest absolute Gasteiger partial charge is 0.340 e. The Labute approximate surface area is 311 Å². The van der Waals surface area contributed by atoms with E-state index in [1.807, 2.05) is 13.0 Å². The Morgan fingerprint density at radius 2 is 1.72 bits per heavy atom. The average molecular weight is 815 g/mol. The minimum Gasteiger partial charge on any atom is -0.387 e. The van der Waals surface area contributed by atoms with Crippen LogP contribution in [-0.4, -0.2) is 147 Å². The number of rotatable bonds is 24. The molecule has 0 bridgehead atoms. The van der Waals surface area contributed by atoms with Crippen molar-refractivity contribution in [2.75, 3.05) is 77.2 Å². The van der Waals surface area contributed by atoms with Crippen LogP contribution in [0.1, 0.15) is 32.4 Å². The van der Waals surface area contributed by atoms with Crippen molar-refractivity contribution in [3.8, 4) is 0 Å². The molecule has 1 aliphatic carbocycles. The summed E-state index contributed by atoms with van der Waals surface area (Å²) in [6.45, 7) is 9.01. The molecule has 1 amide bonds. The molecule has 300 valence electrons. The van der Waals surface area contributed by atoms with Gasteiger partial charge in [-0.05, 0) is 36.8 Å². The molecule has 20 nitrogen and oxygen atoms in total. The van der Waals surface area contributed by atoms with Crippen LogP contribution in [0, 0.1) is 11.8 Å². The number of anilines is 1. The second-order valence-electron chi connectivity index (χ2n) is 12.7. The van der Waals surface area contributed by atoms with Gasteiger partial charge in [-0.3, -0.25) is 13.9 Å². The highest BCUT2D eigenvalue weighted by molar-refractivity contribution is 7.70. The molecule has 2 aliphatic rings. The van der Waals surface area contributed by atoms with Gasteiger partial charge in [-0.2, -0.15) is 15.1 Å². The van der Waals surface area contributed by atoms with Gasteiger partial charge in [0, 0.05) is 18.5 Å². The highest BCUT2D eigenvalue weighted by Crippen LogP contribution is 2.55. The van der Waals surface area contributed by atoms with Crippen LogP contribution < -0.4 is 10.6 Å². The molecule has 0 aromatic carbocycles. The summed E-state index contributed by atoms with van der Waals surface area (Å²) >= 11 is 6.23. The Balaban J connectivity index is 1.17. The van der Waals surface area contributed by atoms with E-state index in [0.717, 1.165) is 4.68 Å². The molecule has 0 spiro atoms. The molecule has 1 aliphatic heterocycles. The van der Waals surface area contributed by atoms with E-state index in [1.54, 1.807) is 0 Å². The number of aliphatic hydroxyl groups excluding tert-OH is 2. The van der Waals surface area contributed by atoms with Crippen molar-refractivity contribution in [2.24, 2.45) is 11.8 Å². The summed E-state index contributed by atoms with van der Waals surface area (Å²) < 4.78 is 56.7. The van der Waals surface area contributed by atoms with Crippen molar-refractivity contribution in [1.29, 1.82) is 0 Å². The molecule has 7 N–H and O–H groups in total. The van der Waals surface area contributed by atoms with Crippen LogP contribution in [0.3, 0.4) is 0 Å². The third kappa shape index (κ3) is 13.8. The fraction of sp³-hybridized carbons (Fsp3) is 0.733. The monoisotopic (exact) mass is 814 g/mol. The van der Waals surface area contributed by atoms with Gasteiger partial charge in [0.1, 0.15) is 24.1 Å². The van der Waals surface area contributed by atoms with Gasteiger partial charge in [0.2, 0.25) is 11.2 Å². The minimum atomic E-state index is -4.87. The molecule has 0 radical (unpaired) electrons. The first-order valence-corrected chi connectivity index (χ1v) is 21.0. The molecule has 53 heavy (non-hydrogen) atoms. The molecular weight excluding hydrogens is 766 g/mol. The number of fused-ring (bicyclic) bond motifs is 1. The molecule has 23 heteroatoms. The summed E-state index contributed by atoms with van der Waals surface area (Å²) in [5.74, 6) is -1.11. The van der Waals surface area contributed by atoms with E-state index in [4.69, 9.17) is 49.6 Å². The molecule has 2 aromatic rings. The summed E-state index contributed by atoms with van der Waals surface area (Å²) in [5, 5.41) is 31.9. The maximum Gasteiger partial charge on any atom is 0.340 e. The second-order valence-corrected chi connectivity index (χ2v) is 17.1. The van der Waals surface area contributed by atoms with E-state index in [0.29, 0.717) is 95.8 Å². The van der Waals surface area contributed by atoms with Crippen molar-refractivity contribution in [3.05, 3.63) is 24.1 Å². The first-order chi connectivity index (χ1) is 25.2. The highest BCUT2D eigenvalue weighted by atomic mass is 35.5. The topological polar surface area (TPSA) is 275 Å². The molecule has 1 saturated carbocycles. The first-order valence-electron chi connectivity index (χ1n) is 17.1. The number of nitrogens with zero attached hydrogens (tertiary/aromatic N) is 4. The van der Waals surface area contributed by atoms with Gasteiger partial charge in [0.05, 0.1) is 71.0 Å². The quantitative estimate of drug-likeness (QED) is 0.0337. The van der Waals surface area contributed by atoms with Gasteiger partial charge in [-0.25, -0.2) is 4.68 Å². The summed E-state index contributed by atoms with van der Waals surface area (Å²) in [4.78, 5) is 49.1. The van der Waals surface area contributed by atoms with E-state index >= 15 is 0 Å². The average Bonchev–Trinajstić information content (AvgIpc) is 3.80. The number of amides is 1. The third-order valence-electron chi connectivity index (χ3n) is 8.40. The summed E-state index contributed by atoms with van der Waals surface area (Å²) in [7, 11) is -9.61. The number of carbonyl (C=O) groups is 1. The van der Waals surface area contributed by atoms with Gasteiger partial charge >= 0.3 is 15.2 Å². The predicted octanol–water partition coefficient (Wildman–Crippen LogP) is 1.02. The number of aliphatic hydroxyl groups is 2. The predicted molar refractivity (Wildman–Crippen MR) is 189 cm³/mol. The summed E-state index contributed by atoms with van der Waals surface area (Å²) in [6, 6.07) is -0.131. The normalized spacial score (nSPS) is 25.0. The Morgan fingerprint density at radius 3 is 2.38 bits per heavy atom. The Kier molecular flexibility index (Phi) is 17.0. The lowest BCUT2D eigenvalue weighted by Crippen LogP contribution is -2.33. The first kappa shape index (κ1) is 43.6. The number of hydrogen-bond acceptors (Lipinski definition) is 15. The number of halogens is 1. The van der Waals surface area contributed by atoms with Gasteiger partial charge in [0.15, 0.2) is 17.8 Å². The standard InChI is InChI=1S/C30H49ClN6O14P2/c1-3-19(2)16-49-13-12-48-11-10-47-9-8-46-7-6-32-28(40)20-4-5-21(14-20)34-26-22-15-33-37(27(22)36-30(31)35-26)29-25(39)24(38)23(51-29)17-50-53(44,45)18-52(41,42)43/h3,15,19-21,23-25,29,38-39H,1,4-14,16-18H2,2H3,(H,32,40)(H,44,45)(H,34,35,36)(H2,41,42,43)/t19?,20-,21+,23-,24-,25-,29-/m1/s1. The summed E-state index contributed by atoms with van der Waals surface area (Å²) in [6.07, 6.45) is -0.819. The SMILES string of the molecule is C=CC(C)COCCOCCOCCOCCNC(=O)[C@@H]1CC[C@H](Nc2nc(Cl)nc3c2cnn3[C@@H]2O[C@H](COP(=O)(O)CP(=O)(O)O)[C@@H](O)[C@H]2O)C1. The van der Waals surface area contributed by atoms with Crippen LogP contribution in [0.25, 0.3) is 11.0 Å². The van der Waals surface area contributed by atoms with Crippen LogP contribution in [0.2, 0.25) is 5.28 Å². The van der Waals surface area contributed by atoms with Crippen LogP contribution in [0.5, 0.6) is 0 Å². The van der Waals surface area contributed by atoms with Crippen LogP contribution >= 0.6 is 26.8 Å². The fourth-order valence-corrected chi connectivity index (χ4v) is 8.39. The van der Waals surface area contributed by atoms with E-state index in [2.05, 4.69) is 32.3 Å². The van der Waals surface area contributed by atoms with Gasteiger partial charge in [0.25, 0.3) is 0 Å². The minimum absolute atomic E-state index is 0.0864. The number of hydrogen-bond donors (Lipinski definition) is 7. The van der Waals surface area contributed by atoms with E-state index in [-0.39, 0.29) is 28.8 Å².